The zero-order valence-corrected chi connectivity index (χ0v) is 42.4. The molecule has 13 nitrogen and oxygen atoms in total. The maximum atomic E-state index is 13.6. The van der Waals surface area contributed by atoms with E-state index >= 15 is 0 Å². The summed E-state index contributed by atoms with van der Waals surface area (Å²) in [4.78, 5) is 60.8. The lowest BCUT2D eigenvalue weighted by Gasteiger charge is -2.34. The van der Waals surface area contributed by atoms with Gasteiger partial charge in [0.05, 0.1) is 24.8 Å². The molecule has 384 valence electrons. The third kappa shape index (κ3) is 30.7. The molecule has 0 radical (unpaired) electrons. The van der Waals surface area contributed by atoms with Crippen LogP contribution in [0.15, 0.2) is 144 Å². The minimum atomic E-state index is -1.14. The summed E-state index contributed by atoms with van der Waals surface area (Å²) in [5, 5.41) is 34.1. The van der Waals surface area contributed by atoms with E-state index in [1.54, 1.807) is 0 Å². The van der Waals surface area contributed by atoms with Gasteiger partial charge in [-0.15, -0.1) is 0 Å². The van der Waals surface area contributed by atoms with Gasteiger partial charge in [-0.2, -0.15) is 4.99 Å². The van der Waals surface area contributed by atoms with Crippen LogP contribution in [-0.2, 0) is 19.2 Å². The van der Waals surface area contributed by atoms with E-state index in [9.17, 15) is 29.4 Å². The number of fused-ring (bicyclic) bond motifs is 1. The summed E-state index contributed by atoms with van der Waals surface area (Å²) in [6.07, 6.45) is 59.4. The third-order valence-corrected chi connectivity index (χ3v) is 10.9. The quantitative estimate of drug-likeness (QED) is 0.0240. The third-order valence-electron chi connectivity index (χ3n) is 10.9. The van der Waals surface area contributed by atoms with Gasteiger partial charge in [0.1, 0.15) is 12.1 Å². The predicted octanol–water partition coefficient (Wildman–Crippen LogP) is 9.24. The van der Waals surface area contributed by atoms with Crippen molar-refractivity contribution in [2.24, 2.45) is 9.98 Å². The number of rotatable bonds is 36. The van der Waals surface area contributed by atoms with E-state index in [-0.39, 0.29) is 36.6 Å². The van der Waals surface area contributed by atoms with Gasteiger partial charge >= 0.3 is 0 Å². The van der Waals surface area contributed by atoms with Crippen LogP contribution in [0.5, 0.6) is 0 Å². The summed E-state index contributed by atoms with van der Waals surface area (Å²) in [5.41, 5.74) is 0. The molecule has 2 rings (SSSR count). The Hall–Kier alpha value is -5.76. The van der Waals surface area contributed by atoms with Crippen LogP contribution in [-0.4, -0.2) is 89.1 Å². The highest BCUT2D eigenvalue weighted by Crippen LogP contribution is 2.12. The lowest BCUT2D eigenvalue weighted by Crippen LogP contribution is -2.65. The van der Waals surface area contributed by atoms with Crippen LogP contribution in [0.1, 0.15) is 143 Å². The van der Waals surface area contributed by atoms with Crippen LogP contribution >= 0.6 is 0 Å². The number of unbranched alkanes of at least 4 members (excludes halogenated alkanes) is 2. The lowest BCUT2D eigenvalue weighted by molar-refractivity contribution is -0.128. The van der Waals surface area contributed by atoms with Crippen molar-refractivity contribution in [2.45, 2.75) is 173 Å². The number of guanidine groups is 1. The van der Waals surface area contributed by atoms with E-state index in [0.29, 0.717) is 51.5 Å². The molecule has 4 amide bonds. The normalized spacial score (nSPS) is 18.2. The van der Waals surface area contributed by atoms with Gasteiger partial charge in [0.15, 0.2) is 5.84 Å². The van der Waals surface area contributed by atoms with E-state index in [4.69, 9.17) is 0 Å². The molecule has 13 heteroatoms. The fourth-order valence-corrected chi connectivity index (χ4v) is 6.98. The smallest absolute Gasteiger partial charge is 0.251 e. The molecule has 0 fully saturated rings. The molecule has 5 atom stereocenters. The van der Waals surface area contributed by atoms with Crippen molar-refractivity contribution >= 4 is 35.4 Å². The Labute approximate surface area is 419 Å². The van der Waals surface area contributed by atoms with Gasteiger partial charge in [0.25, 0.3) is 5.91 Å². The Morgan fingerprint density at radius 3 is 1.59 bits per heavy atom. The van der Waals surface area contributed by atoms with Gasteiger partial charge in [0, 0.05) is 19.4 Å². The second kappa shape index (κ2) is 41.1. The molecule has 0 aromatic carbocycles. The Morgan fingerprint density at radius 1 is 0.629 bits per heavy atom. The van der Waals surface area contributed by atoms with Crippen molar-refractivity contribution < 1.29 is 29.4 Å². The lowest BCUT2D eigenvalue weighted by atomic mass is 10.0. The summed E-state index contributed by atoms with van der Waals surface area (Å²) >= 11 is 0. The summed E-state index contributed by atoms with van der Waals surface area (Å²) in [5.74, 6) is -1.37. The summed E-state index contributed by atoms with van der Waals surface area (Å²) in [6.45, 7) is 6.23. The summed E-state index contributed by atoms with van der Waals surface area (Å²) in [6, 6.07) is -2.54. The zero-order chi connectivity index (χ0) is 50.7. The average Bonchev–Trinajstić information content (AvgIpc) is 3.34. The molecule has 2 aliphatic heterocycles. The van der Waals surface area contributed by atoms with Crippen molar-refractivity contribution in [3.63, 3.8) is 0 Å². The number of hydrogen-bond donors (Lipinski definition) is 7. The average molecular weight is 964 g/mol. The van der Waals surface area contributed by atoms with Crippen LogP contribution < -0.4 is 26.6 Å². The highest BCUT2D eigenvalue weighted by Gasteiger charge is 2.38. The first kappa shape index (κ1) is 60.4. The van der Waals surface area contributed by atoms with Crippen LogP contribution in [0, 0.1) is 0 Å². The number of nitrogens with zero attached hydrogens (tertiary/aromatic N) is 2. The number of aliphatic hydroxyl groups is 2. The standard InChI is InChI=1S/C57H85N7O6/c1-4-6-8-10-12-14-16-18-20-22-23-25-26-28-30-32-34-36-38-43-50(66)58-45-41-40-42-48(55(69)63-57-62-54-52(56(70)64-57)61-49(46-59-54)53(68)47(3)65)60-51(67)44-39-37-35-33-31-29-27-24-21-19-17-15-13-11-9-7-5-2/h6-9,12-15,18-21,23,25,27-30,33-36,47-49,52-53,61,65,68H,4-5,10-11,16-17,22,24,26,31-32,37-46H2,1-3H3,(H,58,66)(H,60,67)(H2,59,62,63,64,69,70)/b8-6?,9-7-,14-12?,15-13-,20-18?,21-19-,25-23?,29-27-,30-28?,35-33-,36-34?/t47-,48-,49+,52?,53-/m0/s1. The summed E-state index contributed by atoms with van der Waals surface area (Å²) < 4.78 is 0. The number of hydrogen-bond acceptors (Lipinski definition) is 9. The number of allylic oxidation sites excluding steroid dienone is 22. The van der Waals surface area contributed by atoms with Crippen molar-refractivity contribution in [1.29, 1.82) is 0 Å². The molecule has 0 saturated heterocycles. The van der Waals surface area contributed by atoms with Gasteiger partial charge in [0.2, 0.25) is 23.7 Å². The number of amidine groups is 1. The number of amides is 4. The van der Waals surface area contributed by atoms with E-state index in [1.807, 2.05) is 6.08 Å². The zero-order valence-electron chi connectivity index (χ0n) is 42.4. The number of nitrogens with one attached hydrogen (secondary N) is 5. The van der Waals surface area contributed by atoms with Crippen LogP contribution in [0.3, 0.4) is 0 Å². The summed E-state index contributed by atoms with van der Waals surface area (Å²) in [7, 11) is 0. The van der Waals surface area contributed by atoms with Gasteiger partial charge in [-0.25, -0.2) is 0 Å². The second-order valence-corrected chi connectivity index (χ2v) is 17.1. The molecule has 0 saturated carbocycles. The van der Waals surface area contributed by atoms with E-state index < -0.39 is 42.1 Å². The number of carbonyl (C=O) groups is 4. The maximum absolute atomic E-state index is 13.6. The number of aliphatic hydroxyl groups excluding tert-OH is 2. The maximum Gasteiger partial charge on any atom is 0.251 e. The fourth-order valence-electron chi connectivity index (χ4n) is 6.98. The van der Waals surface area contributed by atoms with Crippen LogP contribution in [0.25, 0.3) is 0 Å². The van der Waals surface area contributed by atoms with E-state index in [1.165, 1.54) is 6.92 Å². The Balaban J connectivity index is 1.78. The molecule has 0 aromatic heterocycles. The molecular formula is C57H85N7O6. The van der Waals surface area contributed by atoms with Gasteiger partial charge in [-0.05, 0) is 116 Å². The van der Waals surface area contributed by atoms with E-state index in [2.05, 4.69) is 178 Å². The van der Waals surface area contributed by atoms with Crippen LogP contribution in [0.2, 0.25) is 0 Å². The molecule has 0 aromatic rings. The minimum Gasteiger partial charge on any atom is -0.391 e. The van der Waals surface area contributed by atoms with Gasteiger partial charge < -0.3 is 20.8 Å². The molecule has 2 heterocycles. The highest BCUT2D eigenvalue weighted by atomic mass is 16.3. The van der Waals surface area contributed by atoms with Crippen molar-refractivity contribution in [3.8, 4) is 0 Å². The predicted molar refractivity (Wildman–Crippen MR) is 289 cm³/mol. The van der Waals surface area contributed by atoms with Gasteiger partial charge in [-0.3, -0.25) is 40.1 Å². The molecule has 2 aliphatic rings. The first-order chi connectivity index (χ1) is 34.2. The molecular weight excluding hydrogens is 879 g/mol. The molecule has 70 heavy (non-hydrogen) atoms. The van der Waals surface area contributed by atoms with Crippen LogP contribution in [0.4, 0.5) is 0 Å². The van der Waals surface area contributed by atoms with Gasteiger partial charge in [-0.1, -0.05) is 148 Å². The Kier molecular flexibility index (Phi) is 35.4. The monoisotopic (exact) mass is 964 g/mol. The molecule has 1 unspecified atom stereocenters. The van der Waals surface area contributed by atoms with Crippen molar-refractivity contribution in [3.05, 3.63) is 134 Å². The number of carbonyl (C=O) groups excluding carboxylic acids is 4. The highest BCUT2D eigenvalue weighted by molar-refractivity contribution is 6.22. The topological polar surface area (TPSA) is 194 Å². The Bertz CT molecular complexity index is 1920. The Morgan fingerprint density at radius 2 is 1.10 bits per heavy atom. The second-order valence-electron chi connectivity index (χ2n) is 17.1. The number of aliphatic imine (C=N–C) groups is 2. The minimum absolute atomic E-state index is 0.0502. The molecule has 7 N–H and O–H groups in total. The van der Waals surface area contributed by atoms with E-state index in [0.717, 1.165) is 70.6 Å². The van der Waals surface area contributed by atoms with Crippen molar-refractivity contribution in [1.82, 2.24) is 26.6 Å². The molecule has 0 bridgehead atoms. The first-order valence-corrected chi connectivity index (χ1v) is 25.7. The molecule has 0 aliphatic carbocycles. The SMILES string of the molecule is CCC=CCC=CCC=CCC=CCC=CCC=CCCC(=O)NCCCC[C@H](NC(=O)CCC/C=C\C/C=C\C/C=C\C/C=C\C/C=C\CC)C(=O)NC1=NC2=NC[C@H]([C@@H](O)[C@H](C)O)NC2C(=O)N1. The molecule has 0 spiro atoms. The first-order valence-electron chi connectivity index (χ1n) is 25.7. The largest absolute Gasteiger partial charge is 0.391 e. The van der Waals surface area contributed by atoms with Crippen molar-refractivity contribution in [2.75, 3.05) is 13.1 Å². The fraction of sp³-hybridized carbons (Fsp3) is 0.509.